The number of carbonyl (C=O) groups is 1. The maximum Gasteiger partial charge on any atom is 0.295 e. The van der Waals surface area contributed by atoms with E-state index in [-0.39, 0.29) is 11.6 Å². The van der Waals surface area contributed by atoms with Gasteiger partial charge in [-0.2, -0.15) is 0 Å². The Morgan fingerprint density at radius 2 is 1.66 bits per heavy atom. The molecular weight excluding hydrogens is 428 g/mol. The first-order chi connectivity index (χ1) is 15.0. The highest BCUT2D eigenvalue weighted by atomic mass is 32.2. The summed E-state index contributed by atoms with van der Waals surface area (Å²) in [7, 11) is -2.02. The molecule has 2 aromatic carbocycles. The summed E-state index contributed by atoms with van der Waals surface area (Å²) in [5.74, 6) is -0.534. The van der Waals surface area contributed by atoms with Crippen LogP contribution in [0.3, 0.4) is 0 Å². The molecule has 32 heavy (non-hydrogen) atoms. The molecule has 9 heteroatoms. The molecule has 0 aliphatic heterocycles. The van der Waals surface area contributed by atoms with Crippen LogP contribution in [-0.2, 0) is 21.9 Å². The number of aromatic nitrogens is 2. The van der Waals surface area contributed by atoms with Gasteiger partial charge in [-0.1, -0.05) is 50.2 Å². The van der Waals surface area contributed by atoms with Gasteiger partial charge in [0.25, 0.3) is 5.56 Å². The minimum Gasteiger partial charge on any atom is -0.318 e. The second-order valence-electron chi connectivity index (χ2n) is 7.97. The van der Waals surface area contributed by atoms with Gasteiger partial charge in [-0.05, 0) is 36.6 Å². The van der Waals surface area contributed by atoms with Crippen molar-refractivity contribution in [3.63, 3.8) is 0 Å². The van der Waals surface area contributed by atoms with Crippen LogP contribution in [0.15, 0.2) is 59.4 Å². The number of nitrogens with zero attached hydrogens (tertiary/aromatic N) is 3. The summed E-state index contributed by atoms with van der Waals surface area (Å²) in [5.41, 5.74) is 2.21. The Labute approximate surface area is 188 Å². The molecule has 0 aliphatic carbocycles. The van der Waals surface area contributed by atoms with Crippen molar-refractivity contribution in [3.05, 3.63) is 76.2 Å². The lowest BCUT2D eigenvalue weighted by atomic mass is 10.0. The lowest BCUT2D eigenvalue weighted by molar-refractivity contribution is -0.114. The monoisotopic (exact) mass is 456 g/mol. The number of benzene rings is 2. The van der Waals surface area contributed by atoms with Crippen LogP contribution in [0, 0.1) is 6.92 Å². The molecule has 3 aromatic rings. The SMILES string of the molecule is Cc1c(NC(=O)CN(c2ccccc2C(C)C)S(C)(=O)=O)c(=O)n(-c2ccccc2)n1C. The number of hydrogen-bond donors (Lipinski definition) is 1. The quantitative estimate of drug-likeness (QED) is 0.591. The van der Waals surface area contributed by atoms with E-state index in [2.05, 4.69) is 5.32 Å². The normalized spacial score (nSPS) is 11.6. The van der Waals surface area contributed by atoms with Crippen molar-refractivity contribution in [2.75, 3.05) is 22.4 Å². The first kappa shape index (κ1) is 23.3. The average molecular weight is 457 g/mol. The van der Waals surface area contributed by atoms with E-state index in [4.69, 9.17) is 0 Å². The third-order valence-electron chi connectivity index (χ3n) is 5.33. The number of sulfonamides is 1. The zero-order valence-corrected chi connectivity index (χ0v) is 19.7. The van der Waals surface area contributed by atoms with Gasteiger partial charge in [0, 0.05) is 7.05 Å². The van der Waals surface area contributed by atoms with Crippen molar-refractivity contribution in [2.24, 2.45) is 7.05 Å². The van der Waals surface area contributed by atoms with Crippen LogP contribution in [0.5, 0.6) is 0 Å². The lowest BCUT2D eigenvalue weighted by Crippen LogP contribution is -2.38. The average Bonchev–Trinajstić information content (AvgIpc) is 2.95. The van der Waals surface area contributed by atoms with Crippen LogP contribution in [0.4, 0.5) is 11.4 Å². The third-order valence-corrected chi connectivity index (χ3v) is 6.46. The van der Waals surface area contributed by atoms with Gasteiger partial charge in [-0.25, -0.2) is 13.1 Å². The van der Waals surface area contributed by atoms with Gasteiger partial charge in [-0.3, -0.25) is 18.6 Å². The van der Waals surface area contributed by atoms with E-state index in [1.807, 2.05) is 44.2 Å². The van der Waals surface area contributed by atoms with E-state index in [0.29, 0.717) is 17.1 Å². The minimum absolute atomic E-state index is 0.0629. The van der Waals surface area contributed by atoms with E-state index in [1.165, 1.54) is 4.68 Å². The molecule has 1 N–H and O–H groups in total. The largest absolute Gasteiger partial charge is 0.318 e. The van der Waals surface area contributed by atoms with Crippen LogP contribution in [0.25, 0.3) is 5.69 Å². The molecule has 0 radical (unpaired) electrons. The number of hydrogen-bond acceptors (Lipinski definition) is 4. The molecule has 1 aromatic heterocycles. The minimum atomic E-state index is -3.74. The van der Waals surface area contributed by atoms with Gasteiger partial charge < -0.3 is 5.32 Å². The molecule has 0 saturated heterocycles. The lowest BCUT2D eigenvalue weighted by Gasteiger charge is -2.25. The van der Waals surface area contributed by atoms with Crippen LogP contribution >= 0.6 is 0 Å². The summed E-state index contributed by atoms with van der Waals surface area (Å²) in [6.07, 6.45) is 1.06. The van der Waals surface area contributed by atoms with Crippen molar-refractivity contribution >= 4 is 27.3 Å². The zero-order valence-electron chi connectivity index (χ0n) is 18.9. The van der Waals surface area contributed by atoms with Crippen molar-refractivity contribution in [2.45, 2.75) is 26.7 Å². The fourth-order valence-electron chi connectivity index (χ4n) is 3.61. The number of nitrogens with one attached hydrogen (secondary N) is 1. The summed E-state index contributed by atoms with van der Waals surface area (Å²) >= 11 is 0. The van der Waals surface area contributed by atoms with Gasteiger partial charge in [0.15, 0.2) is 0 Å². The topological polar surface area (TPSA) is 93.4 Å². The zero-order chi connectivity index (χ0) is 23.6. The molecule has 1 amide bonds. The first-order valence-electron chi connectivity index (χ1n) is 10.2. The predicted octanol–water partition coefficient (Wildman–Crippen LogP) is 3.01. The van der Waals surface area contributed by atoms with E-state index in [9.17, 15) is 18.0 Å². The van der Waals surface area contributed by atoms with E-state index >= 15 is 0 Å². The van der Waals surface area contributed by atoms with Crippen molar-refractivity contribution in [3.8, 4) is 5.69 Å². The van der Waals surface area contributed by atoms with Crippen LogP contribution in [-0.4, -0.2) is 36.5 Å². The van der Waals surface area contributed by atoms with Crippen LogP contribution < -0.4 is 15.2 Å². The van der Waals surface area contributed by atoms with Gasteiger partial charge in [-0.15, -0.1) is 0 Å². The van der Waals surface area contributed by atoms with Gasteiger partial charge in [0.2, 0.25) is 15.9 Å². The fourth-order valence-corrected chi connectivity index (χ4v) is 4.48. The van der Waals surface area contributed by atoms with E-state index in [1.54, 1.807) is 42.9 Å². The van der Waals surface area contributed by atoms with Crippen LogP contribution in [0.2, 0.25) is 0 Å². The molecule has 0 spiro atoms. The highest BCUT2D eigenvalue weighted by Crippen LogP contribution is 2.29. The Morgan fingerprint density at radius 3 is 2.25 bits per heavy atom. The third kappa shape index (κ3) is 4.62. The number of rotatable bonds is 7. The molecule has 0 atom stereocenters. The Kier molecular flexibility index (Phi) is 6.59. The summed E-state index contributed by atoms with van der Waals surface area (Å²) in [4.78, 5) is 25.9. The molecule has 170 valence electrons. The first-order valence-corrected chi connectivity index (χ1v) is 12.1. The summed E-state index contributed by atoms with van der Waals surface area (Å²) in [6.45, 7) is 5.19. The molecule has 0 aliphatic rings. The highest BCUT2D eigenvalue weighted by Gasteiger charge is 2.25. The summed E-state index contributed by atoms with van der Waals surface area (Å²) in [5, 5.41) is 2.63. The molecule has 0 fully saturated rings. The van der Waals surface area contributed by atoms with Gasteiger partial charge in [0.05, 0.1) is 23.3 Å². The Balaban J connectivity index is 1.95. The van der Waals surface area contributed by atoms with Crippen molar-refractivity contribution in [1.82, 2.24) is 9.36 Å². The standard InChI is InChI=1S/C23H28N4O4S/c1-16(2)19-13-9-10-14-20(19)26(32(5,30)31)15-21(28)24-22-17(3)25(4)27(23(22)29)18-11-7-6-8-12-18/h6-14,16H,15H2,1-5H3,(H,24,28). The number of amides is 1. The van der Waals surface area contributed by atoms with E-state index in [0.717, 1.165) is 16.1 Å². The molecule has 0 bridgehead atoms. The van der Waals surface area contributed by atoms with Crippen molar-refractivity contribution in [1.29, 1.82) is 0 Å². The second kappa shape index (κ2) is 9.04. The maximum absolute atomic E-state index is 13.0. The molecule has 0 unspecified atom stereocenters. The molecular formula is C23H28N4O4S. The number of anilines is 2. The number of carbonyl (C=O) groups excluding carboxylic acids is 1. The van der Waals surface area contributed by atoms with Gasteiger partial charge in [0.1, 0.15) is 12.2 Å². The van der Waals surface area contributed by atoms with E-state index < -0.39 is 28.0 Å². The number of para-hydroxylation sites is 2. The molecule has 8 nitrogen and oxygen atoms in total. The Morgan fingerprint density at radius 1 is 1.06 bits per heavy atom. The van der Waals surface area contributed by atoms with Crippen molar-refractivity contribution < 1.29 is 13.2 Å². The summed E-state index contributed by atoms with van der Waals surface area (Å²) < 4.78 is 29.3. The van der Waals surface area contributed by atoms with Crippen LogP contribution in [0.1, 0.15) is 31.0 Å². The predicted molar refractivity (Wildman–Crippen MR) is 127 cm³/mol. The molecule has 3 rings (SSSR count). The molecule has 0 saturated carbocycles. The van der Waals surface area contributed by atoms with Gasteiger partial charge >= 0.3 is 0 Å². The smallest absolute Gasteiger partial charge is 0.295 e. The Hall–Kier alpha value is -3.33. The maximum atomic E-state index is 13.0. The molecule has 1 heterocycles. The second-order valence-corrected chi connectivity index (χ2v) is 9.87. The highest BCUT2D eigenvalue weighted by molar-refractivity contribution is 7.92. The fraction of sp³-hybridized carbons (Fsp3) is 0.304. The Bertz CT molecular complexity index is 1290. The summed E-state index contributed by atoms with van der Waals surface area (Å²) in [6, 6.07) is 16.2.